The molecule has 0 fully saturated rings. The minimum absolute atomic E-state index is 0.0000157. The van der Waals surface area contributed by atoms with Crippen LogP contribution in [0.2, 0.25) is 0 Å². The van der Waals surface area contributed by atoms with E-state index in [1.54, 1.807) is 0 Å². The average molecular weight is 1340 g/mol. The van der Waals surface area contributed by atoms with E-state index in [2.05, 4.69) is 411 Å². The van der Waals surface area contributed by atoms with Crippen molar-refractivity contribution >= 4 is 74.3 Å². The van der Waals surface area contributed by atoms with Crippen molar-refractivity contribution in [3.63, 3.8) is 0 Å². The average Bonchev–Trinajstić information content (AvgIpc) is 0.692. The van der Waals surface area contributed by atoms with Gasteiger partial charge in [-0.1, -0.05) is 312 Å². The van der Waals surface area contributed by atoms with E-state index in [-0.39, 0.29) is 50.0 Å². The van der Waals surface area contributed by atoms with Crippen molar-refractivity contribution in [2.45, 2.75) is 209 Å². The second-order valence-corrected chi connectivity index (χ2v) is 37.8. The fourth-order valence-electron chi connectivity index (χ4n) is 15.1. The zero-order chi connectivity index (χ0) is 73.3. The summed E-state index contributed by atoms with van der Waals surface area (Å²) in [4.78, 5) is 7.86. The van der Waals surface area contributed by atoms with Crippen LogP contribution >= 0.6 is 0 Å². The third-order valence-corrected chi connectivity index (χ3v) is 21.7. The van der Waals surface area contributed by atoms with Crippen molar-refractivity contribution < 1.29 is 0 Å². The third-order valence-electron chi connectivity index (χ3n) is 21.7. The molecule has 11 aromatic rings. The predicted octanol–water partition coefficient (Wildman–Crippen LogP) is 26.3. The molecule has 3 nitrogen and oxygen atoms in total. The lowest BCUT2D eigenvalue weighted by atomic mass is 9.33. The molecule has 520 valence electrons. The van der Waals surface area contributed by atoms with E-state index in [4.69, 9.17) is 0 Å². The molecule has 102 heavy (non-hydrogen) atoms. The first-order valence-electron chi connectivity index (χ1n) is 37.4. The summed E-state index contributed by atoms with van der Waals surface area (Å²) in [5.41, 5.74) is 33.4. The van der Waals surface area contributed by atoms with Crippen molar-refractivity contribution in [3.8, 4) is 44.5 Å². The Hall–Kier alpha value is -9.12. The van der Waals surface area contributed by atoms with Gasteiger partial charge in [-0.2, -0.15) is 0 Å². The Morgan fingerprint density at radius 1 is 0.206 bits per heavy atom. The summed E-state index contributed by atoms with van der Waals surface area (Å²) in [5, 5.41) is 0. The van der Waals surface area contributed by atoms with Crippen molar-refractivity contribution in [2.24, 2.45) is 0 Å². The van der Waals surface area contributed by atoms with E-state index < -0.39 is 0 Å². The quantitative estimate of drug-likeness (QED) is 0.133. The number of hydrogen-bond donors (Lipinski definition) is 0. The lowest BCUT2D eigenvalue weighted by Crippen LogP contribution is -2.61. The van der Waals surface area contributed by atoms with Crippen LogP contribution in [-0.2, 0) is 43.3 Å². The van der Waals surface area contributed by atoms with E-state index in [9.17, 15) is 0 Å². The summed E-state index contributed by atoms with van der Waals surface area (Å²) in [6, 6.07) is 91.1. The minimum Gasteiger partial charge on any atom is -0.311 e. The van der Waals surface area contributed by atoms with Crippen LogP contribution in [0.15, 0.2) is 231 Å². The second-order valence-electron chi connectivity index (χ2n) is 37.8. The SMILES string of the molecule is CC(C)(C)c1ccc(-c2cc(-c3ccc(C(C)(C)C)cc3)cc(N(c3ccc(C(C)(C)C)cc3)c3cc4c5c(c3)N(c3cc(-c6ccc(C(C)(C)C)cc6)cc(-c6ccc(C(C)(C)C)cc6)c3)c3ccc(C(C)(C)C)cc3B5c3cc(C(C)(C)C)ccc3N4c3ccc(C(C)(C)C)cc3)c2)cc1. The van der Waals surface area contributed by atoms with Gasteiger partial charge in [0.15, 0.2) is 0 Å². The molecule has 0 radical (unpaired) electrons. The summed E-state index contributed by atoms with van der Waals surface area (Å²) < 4.78 is 0. The Morgan fingerprint density at radius 3 is 0.765 bits per heavy atom. The van der Waals surface area contributed by atoms with Crippen LogP contribution in [0, 0.1) is 0 Å². The third kappa shape index (κ3) is 14.0. The Kier molecular flexibility index (Phi) is 17.7. The summed E-state index contributed by atoms with van der Waals surface area (Å²) in [7, 11) is 0. The normalized spacial score (nSPS) is 13.6. The molecule has 2 heterocycles. The van der Waals surface area contributed by atoms with Crippen LogP contribution in [0.4, 0.5) is 51.2 Å². The molecule has 2 aliphatic heterocycles. The molecule has 0 aromatic heterocycles. The molecule has 0 amide bonds. The molecule has 0 bridgehead atoms. The van der Waals surface area contributed by atoms with Gasteiger partial charge in [-0.05, 0) is 234 Å². The van der Waals surface area contributed by atoms with Crippen LogP contribution in [0.1, 0.15) is 211 Å². The molecule has 0 saturated carbocycles. The number of nitrogens with zero attached hydrogens (tertiary/aromatic N) is 3. The fourth-order valence-corrected chi connectivity index (χ4v) is 15.1. The molecule has 13 rings (SSSR count). The van der Waals surface area contributed by atoms with E-state index in [1.165, 1.54) is 106 Å². The number of anilines is 9. The zero-order valence-corrected chi connectivity index (χ0v) is 65.9. The van der Waals surface area contributed by atoms with Crippen LogP contribution in [0.5, 0.6) is 0 Å². The highest BCUT2D eigenvalue weighted by atomic mass is 15.2. The van der Waals surface area contributed by atoms with Gasteiger partial charge >= 0.3 is 0 Å². The highest BCUT2D eigenvalue weighted by Gasteiger charge is 2.45. The Bertz CT molecular complexity index is 4780. The molecule has 0 atom stereocenters. The maximum Gasteiger partial charge on any atom is 0.252 e. The lowest BCUT2D eigenvalue weighted by Gasteiger charge is -2.46. The summed E-state index contributed by atoms with van der Waals surface area (Å²) in [5.74, 6) is 0. The maximum atomic E-state index is 2.66. The summed E-state index contributed by atoms with van der Waals surface area (Å²) in [6.07, 6.45) is 0. The van der Waals surface area contributed by atoms with Gasteiger partial charge in [0.1, 0.15) is 0 Å². The van der Waals surface area contributed by atoms with Crippen LogP contribution in [0.25, 0.3) is 44.5 Å². The molecule has 4 heteroatoms. The van der Waals surface area contributed by atoms with Crippen LogP contribution < -0.4 is 31.1 Å². The first-order chi connectivity index (χ1) is 47.6. The Balaban J connectivity index is 1.18. The largest absolute Gasteiger partial charge is 0.311 e. The number of benzene rings is 11. The van der Waals surface area contributed by atoms with Gasteiger partial charge in [0.05, 0.1) is 5.69 Å². The molecule has 0 saturated heterocycles. The molecule has 0 aliphatic carbocycles. The highest BCUT2D eigenvalue weighted by molar-refractivity contribution is 7.00. The molecule has 0 spiro atoms. The first-order valence-corrected chi connectivity index (χ1v) is 37.4. The van der Waals surface area contributed by atoms with Crippen LogP contribution in [0.3, 0.4) is 0 Å². The highest BCUT2D eigenvalue weighted by Crippen LogP contribution is 2.52. The van der Waals surface area contributed by atoms with E-state index >= 15 is 0 Å². The van der Waals surface area contributed by atoms with Crippen molar-refractivity contribution in [1.82, 2.24) is 0 Å². The van der Waals surface area contributed by atoms with Gasteiger partial charge in [-0.25, -0.2) is 0 Å². The fraction of sp³-hybridized carbons (Fsp3) is 0.327. The number of rotatable bonds is 9. The van der Waals surface area contributed by atoms with Gasteiger partial charge < -0.3 is 14.7 Å². The van der Waals surface area contributed by atoms with Gasteiger partial charge in [0.2, 0.25) is 0 Å². The Labute approximate surface area is 614 Å². The molecule has 2 aliphatic rings. The summed E-state index contributed by atoms with van der Waals surface area (Å²) in [6.45, 7) is 55.6. The molecule has 0 N–H and O–H groups in total. The molecule has 11 aromatic carbocycles. The van der Waals surface area contributed by atoms with Gasteiger partial charge in [0, 0.05) is 45.5 Å². The van der Waals surface area contributed by atoms with E-state index in [0.717, 1.165) is 50.9 Å². The lowest BCUT2D eigenvalue weighted by molar-refractivity contribution is 0.590. The van der Waals surface area contributed by atoms with Crippen molar-refractivity contribution in [3.05, 3.63) is 275 Å². The molecule has 0 unspecified atom stereocenters. The predicted molar refractivity (Wildman–Crippen MR) is 446 cm³/mol. The topological polar surface area (TPSA) is 9.72 Å². The minimum atomic E-state index is -0.140. The first kappa shape index (κ1) is 71.3. The molecular weight excluding hydrogens is 1230 g/mol. The standard InChI is InChI=1S/C98H110BN3/c1-91(2,3)71-33-25-63(26-34-71)67-53-68(64-27-35-72(36-28-64)92(4,5)6)56-81(55-67)100(79-47-41-75(42-48-79)95(13,14)15)83-61-88-90-89(62-83)102(82-57-69(65-29-37-73(38-30-65)93(7,8)9)54-70(58-82)66-31-39-74(40-32-66)94(10,11)12)87-52-46-78(98(22,23)24)60-85(87)99(90)84-59-77(97(19,20)21)45-51-86(84)101(88)80-49-43-76(44-50-80)96(16,17)18/h25-62H,1-24H3. The van der Waals surface area contributed by atoms with Crippen molar-refractivity contribution in [2.75, 3.05) is 14.7 Å². The smallest absolute Gasteiger partial charge is 0.252 e. The second kappa shape index (κ2) is 25.4. The monoisotopic (exact) mass is 1340 g/mol. The van der Waals surface area contributed by atoms with Gasteiger partial charge in [0.25, 0.3) is 6.71 Å². The molecular formula is C98H110BN3. The van der Waals surface area contributed by atoms with Gasteiger partial charge in [-0.15, -0.1) is 0 Å². The number of fused-ring (bicyclic) bond motifs is 4. The Morgan fingerprint density at radius 2 is 0.461 bits per heavy atom. The zero-order valence-electron chi connectivity index (χ0n) is 65.9. The van der Waals surface area contributed by atoms with E-state index in [1.807, 2.05) is 0 Å². The van der Waals surface area contributed by atoms with Crippen LogP contribution in [-0.4, -0.2) is 6.71 Å². The summed E-state index contributed by atoms with van der Waals surface area (Å²) >= 11 is 0. The van der Waals surface area contributed by atoms with Gasteiger partial charge in [-0.3, -0.25) is 0 Å². The van der Waals surface area contributed by atoms with E-state index in [0.29, 0.717) is 0 Å². The number of hydrogen-bond acceptors (Lipinski definition) is 3. The van der Waals surface area contributed by atoms with Crippen molar-refractivity contribution in [1.29, 1.82) is 0 Å². The maximum absolute atomic E-state index is 2.66.